The number of carbonyl (C=O) groups excluding carboxylic acids is 1. The first kappa shape index (κ1) is 13.5. The van der Waals surface area contributed by atoms with E-state index in [2.05, 4.69) is 0 Å². The van der Waals surface area contributed by atoms with E-state index in [1.165, 1.54) is 13.8 Å². The summed E-state index contributed by atoms with van der Waals surface area (Å²) in [6.45, 7) is 5.45. The summed E-state index contributed by atoms with van der Waals surface area (Å²) >= 11 is 0. The van der Waals surface area contributed by atoms with Crippen LogP contribution in [0.15, 0.2) is 0 Å². The van der Waals surface area contributed by atoms with Crippen LogP contribution in [0.5, 0.6) is 0 Å². The molecule has 4 heteroatoms. The maximum absolute atomic E-state index is 11.7. The fourth-order valence-corrected chi connectivity index (χ4v) is 1.98. The highest BCUT2D eigenvalue weighted by atomic mass is 16.5. The van der Waals surface area contributed by atoms with Gasteiger partial charge in [0.05, 0.1) is 0 Å². The highest BCUT2D eigenvalue weighted by Crippen LogP contribution is 2.19. The summed E-state index contributed by atoms with van der Waals surface area (Å²) < 4.78 is 5.29. The SMILES string of the molecule is CN(CCC1CCOCC1)C(=O)C(C)(C)O. The first-order valence-corrected chi connectivity index (χ1v) is 5.97. The smallest absolute Gasteiger partial charge is 0.253 e. The van der Waals surface area contributed by atoms with Crippen molar-refractivity contribution in [2.24, 2.45) is 5.92 Å². The Bertz CT molecular complexity index is 229. The Labute approximate surface area is 97.6 Å². The van der Waals surface area contributed by atoms with E-state index in [1.807, 2.05) is 0 Å². The topological polar surface area (TPSA) is 49.8 Å². The van der Waals surface area contributed by atoms with Crippen molar-refractivity contribution in [2.45, 2.75) is 38.7 Å². The van der Waals surface area contributed by atoms with Crippen LogP contribution in [0.4, 0.5) is 0 Å². The molecule has 16 heavy (non-hydrogen) atoms. The molecule has 0 radical (unpaired) electrons. The van der Waals surface area contributed by atoms with Crippen LogP contribution in [0.25, 0.3) is 0 Å². The average molecular weight is 229 g/mol. The van der Waals surface area contributed by atoms with E-state index in [9.17, 15) is 9.90 Å². The molecule has 0 saturated carbocycles. The van der Waals surface area contributed by atoms with Gasteiger partial charge in [0.25, 0.3) is 5.91 Å². The third kappa shape index (κ3) is 4.10. The van der Waals surface area contributed by atoms with E-state index >= 15 is 0 Å². The molecule has 94 valence electrons. The number of hydrogen-bond donors (Lipinski definition) is 1. The molecule has 1 saturated heterocycles. The van der Waals surface area contributed by atoms with E-state index in [1.54, 1.807) is 11.9 Å². The third-order valence-corrected chi connectivity index (χ3v) is 3.08. The van der Waals surface area contributed by atoms with Crippen molar-refractivity contribution in [2.75, 3.05) is 26.8 Å². The van der Waals surface area contributed by atoms with E-state index in [0.29, 0.717) is 12.5 Å². The van der Waals surface area contributed by atoms with Crippen LogP contribution in [0.1, 0.15) is 33.1 Å². The lowest BCUT2D eigenvalue weighted by atomic mass is 9.96. The Morgan fingerprint density at radius 1 is 1.44 bits per heavy atom. The zero-order valence-corrected chi connectivity index (χ0v) is 10.5. The molecular weight excluding hydrogens is 206 g/mol. The van der Waals surface area contributed by atoms with Gasteiger partial charge in [0, 0.05) is 26.8 Å². The molecule has 0 aromatic rings. The highest BCUT2D eigenvalue weighted by molar-refractivity contribution is 5.83. The molecule has 1 rings (SSSR count). The number of aliphatic hydroxyl groups is 1. The zero-order valence-electron chi connectivity index (χ0n) is 10.5. The maximum Gasteiger partial charge on any atom is 0.253 e. The van der Waals surface area contributed by atoms with Gasteiger partial charge in [-0.25, -0.2) is 0 Å². The van der Waals surface area contributed by atoms with E-state index in [0.717, 1.165) is 32.5 Å². The summed E-state index contributed by atoms with van der Waals surface area (Å²) in [5.41, 5.74) is -1.26. The first-order chi connectivity index (χ1) is 7.41. The lowest BCUT2D eigenvalue weighted by molar-refractivity contribution is -0.146. The third-order valence-electron chi connectivity index (χ3n) is 3.08. The minimum atomic E-state index is -1.26. The molecule has 0 aliphatic carbocycles. The zero-order chi connectivity index (χ0) is 12.2. The average Bonchev–Trinajstić information content (AvgIpc) is 2.25. The first-order valence-electron chi connectivity index (χ1n) is 5.97. The molecule has 1 aliphatic rings. The molecule has 1 heterocycles. The van der Waals surface area contributed by atoms with Gasteiger partial charge < -0.3 is 14.7 Å². The fourth-order valence-electron chi connectivity index (χ4n) is 1.98. The second kappa shape index (κ2) is 5.64. The Morgan fingerprint density at radius 2 is 2.00 bits per heavy atom. The molecule has 0 atom stereocenters. The van der Waals surface area contributed by atoms with Gasteiger partial charge in [-0.15, -0.1) is 0 Å². The predicted molar refractivity (Wildman–Crippen MR) is 62.1 cm³/mol. The number of amides is 1. The summed E-state index contributed by atoms with van der Waals surface area (Å²) in [5.74, 6) is 0.449. The minimum absolute atomic E-state index is 0.209. The standard InChI is InChI=1S/C12H23NO3/c1-12(2,15)11(14)13(3)7-4-10-5-8-16-9-6-10/h10,15H,4-9H2,1-3H3. The molecule has 0 aromatic carbocycles. The van der Waals surface area contributed by atoms with Crippen LogP contribution in [-0.2, 0) is 9.53 Å². The van der Waals surface area contributed by atoms with E-state index in [-0.39, 0.29) is 5.91 Å². The molecule has 1 fully saturated rings. The maximum atomic E-state index is 11.7. The Balaban J connectivity index is 2.28. The second-order valence-corrected chi connectivity index (χ2v) is 5.13. The van der Waals surface area contributed by atoms with Crippen LogP contribution < -0.4 is 0 Å². The Hall–Kier alpha value is -0.610. The van der Waals surface area contributed by atoms with Crippen molar-refractivity contribution in [3.63, 3.8) is 0 Å². The van der Waals surface area contributed by atoms with Crippen LogP contribution in [0.3, 0.4) is 0 Å². The Morgan fingerprint density at radius 3 is 2.50 bits per heavy atom. The van der Waals surface area contributed by atoms with Crippen LogP contribution in [-0.4, -0.2) is 48.3 Å². The van der Waals surface area contributed by atoms with Crippen molar-refractivity contribution >= 4 is 5.91 Å². The van der Waals surface area contributed by atoms with Gasteiger partial charge in [-0.05, 0) is 39.0 Å². The van der Waals surface area contributed by atoms with Gasteiger partial charge >= 0.3 is 0 Å². The molecule has 1 amide bonds. The predicted octanol–water partition coefficient (Wildman–Crippen LogP) is 1.03. The second-order valence-electron chi connectivity index (χ2n) is 5.13. The number of likely N-dealkylation sites (N-methyl/N-ethyl adjacent to an activating group) is 1. The molecule has 0 spiro atoms. The lowest BCUT2D eigenvalue weighted by Gasteiger charge is -2.28. The largest absolute Gasteiger partial charge is 0.381 e. The van der Waals surface area contributed by atoms with Crippen LogP contribution in [0, 0.1) is 5.92 Å². The lowest BCUT2D eigenvalue weighted by Crippen LogP contribution is -2.43. The molecule has 1 aliphatic heterocycles. The quantitative estimate of drug-likeness (QED) is 0.783. The van der Waals surface area contributed by atoms with Crippen molar-refractivity contribution in [1.82, 2.24) is 4.90 Å². The molecule has 1 N–H and O–H groups in total. The number of hydrogen-bond acceptors (Lipinski definition) is 3. The number of nitrogens with zero attached hydrogens (tertiary/aromatic N) is 1. The van der Waals surface area contributed by atoms with Gasteiger partial charge in [-0.3, -0.25) is 4.79 Å². The van der Waals surface area contributed by atoms with Gasteiger partial charge in [0.15, 0.2) is 0 Å². The van der Waals surface area contributed by atoms with Crippen LogP contribution in [0.2, 0.25) is 0 Å². The monoisotopic (exact) mass is 229 g/mol. The van der Waals surface area contributed by atoms with E-state index in [4.69, 9.17) is 4.74 Å². The summed E-state index contributed by atoms with van der Waals surface area (Å²) in [7, 11) is 1.75. The van der Waals surface area contributed by atoms with Gasteiger partial charge in [-0.2, -0.15) is 0 Å². The highest BCUT2D eigenvalue weighted by Gasteiger charge is 2.27. The number of carbonyl (C=O) groups is 1. The molecule has 0 aromatic heterocycles. The molecule has 4 nitrogen and oxygen atoms in total. The minimum Gasteiger partial charge on any atom is -0.381 e. The fraction of sp³-hybridized carbons (Fsp3) is 0.917. The van der Waals surface area contributed by atoms with Crippen molar-refractivity contribution in [3.8, 4) is 0 Å². The van der Waals surface area contributed by atoms with Gasteiger partial charge in [0.2, 0.25) is 0 Å². The molecule has 0 bridgehead atoms. The normalized spacial score (nSPS) is 18.5. The van der Waals surface area contributed by atoms with Gasteiger partial charge in [-0.1, -0.05) is 0 Å². The summed E-state index contributed by atoms with van der Waals surface area (Å²) in [6.07, 6.45) is 3.18. The van der Waals surface area contributed by atoms with Crippen molar-refractivity contribution in [3.05, 3.63) is 0 Å². The molecular formula is C12H23NO3. The Kier molecular flexibility index (Phi) is 4.74. The summed E-state index contributed by atoms with van der Waals surface area (Å²) in [5, 5.41) is 9.58. The van der Waals surface area contributed by atoms with Crippen LogP contribution >= 0.6 is 0 Å². The van der Waals surface area contributed by atoms with E-state index < -0.39 is 5.60 Å². The summed E-state index contributed by atoms with van der Waals surface area (Å²) in [4.78, 5) is 13.3. The van der Waals surface area contributed by atoms with Crippen molar-refractivity contribution < 1.29 is 14.6 Å². The van der Waals surface area contributed by atoms with Crippen molar-refractivity contribution in [1.29, 1.82) is 0 Å². The van der Waals surface area contributed by atoms with Gasteiger partial charge in [0.1, 0.15) is 5.60 Å². The summed E-state index contributed by atoms with van der Waals surface area (Å²) in [6, 6.07) is 0. The number of rotatable bonds is 4. The number of ether oxygens (including phenoxy) is 1. The molecule has 0 unspecified atom stereocenters.